The quantitative estimate of drug-likeness (QED) is 0.712. The van der Waals surface area contributed by atoms with E-state index in [9.17, 15) is 9.90 Å². The van der Waals surface area contributed by atoms with Gasteiger partial charge in [0.1, 0.15) is 0 Å². The highest BCUT2D eigenvalue weighted by Gasteiger charge is 2.48. The zero-order valence-electron chi connectivity index (χ0n) is 9.03. The Morgan fingerprint density at radius 2 is 2.21 bits per heavy atom. The second-order valence-electron chi connectivity index (χ2n) is 4.37. The maximum absolute atomic E-state index is 10.9. The van der Waals surface area contributed by atoms with Crippen LogP contribution in [0.15, 0.2) is 0 Å². The predicted molar refractivity (Wildman–Crippen MR) is 53.2 cm³/mol. The van der Waals surface area contributed by atoms with Crippen LogP contribution in [0.1, 0.15) is 33.6 Å². The van der Waals surface area contributed by atoms with Gasteiger partial charge in [-0.3, -0.25) is 0 Å². The van der Waals surface area contributed by atoms with Gasteiger partial charge < -0.3 is 15.1 Å². The lowest BCUT2D eigenvalue weighted by molar-refractivity contribution is -0.0148. The molecule has 1 amide bonds. The molecule has 0 unspecified atom stereocenters. The first-order valence-corrected chi connectivity index (χ1v) is 5.14. The number of amides is 1. The van der Waals surface area contributed by atoms with Gasteiger partial charge in [-0.15, -0.1) is 0 Å². The number of carboxylic acid groups (broad SMARTS) is 1. The molecule has 0 aromatic rings. The lowest BCUT2D eigenvalue weighted by atomic mass is 9.85. The summed E-state index contributed by atoms with van der Waals surface area (Å²) in [6.45, 7) is 6.25. The lowest BCUT2D eigenvalue weighted by Crippen LogP contribution is -2.49. The van der Waals surface area contributed by atoms with E-state index in [1.54, 1.807) is 0 Å². The fraction of sp³-hybridized carbons (Fsp3) is 0.900. The minimum atomic E-state index is -0.923. The first kappa shape index (κ1) is 11.3. The fourth-order valence-corrected chi connectivity index (χ4v) is 2.47. The van der Waals surface area contributed by atoms with Gasteiger partial charge in [-0.05, 0) is 18.8 Å². The van der Waals surface area contributed by atoms with Crippen LogP contribution in [-0.2, 0) is 0 Å². The molecule has 0 radical (unpaired) electrons. The summed E-state index contributed by atoms with van der Waals surface area (Å²) in [5.41, 5.74) is -0.827. The first-order chi connectivity index (χ1) is 6.42. The number of hydrogen-bond donors (Lipinski definition) is 2. The summed E-state index contributed by atoms with van der Waals surface area (Å²) in [6.07, 6.45) is 0.242. The van der Waals surface area contributed by atoms with Gasteiger partial charge in [-0.25, -0.2) is 4.79 Å². The van der Waals surface area contributed by atoms with Crippen LogP contribution in [0.25, 0.3) is 0 Å². The zero-order valence-corrected chi connectivity index (χ0v) is 9.03. The maximum atomic E-state index is 10.9. The zero-order chi connectivity index (χ0) is 10.9. The third-order valence-corrected chi connectivity index (χ3v) is 3.16. The van der Waals surface area contributed by atoms with Gasteiger partial charge in [0.15, 0.2) is 0 Å². The molecule has 14 heavy (non-hydrogen) atoms. The third kappa shape index (κ3) is 1.71. The molecule has 1 rings (SSSR count). The normalized spacial score (nSPS) is 32.6. The van der Waals surface area contributed by atoms with E-state index >= 15 is 0 Å². The predicted octanol–water partition coefficient (Wildman–Crippen LogP) is 1.54. The van der Waals surface area contributed by atoms with E-state index < -0.39 is 11.7 Å². The van der Waals surface area contributed by atoms with Gasteiger partial charge in [0.05, 0.1) is 11.6 Å². The lowest BCUT2D eigenvalue weighted by Gasteiger charge is -2.35. The van der Waals surface area contributed by atoms with Crippen LogP contribution in [0, 0.1) is 5.92 Å². The molecule has 0 aromatic carbocycles. The maximum Gasteiger partial charge on any atom is 0.407 e. The molecule has 4 nitrogen and oxygen atoms in total. The monoisotopic (exact) mass is 201 g/mol. The van der Waals surface area contributed by atoms with Gasteiger partial charge in [0.25, 0.3) is 0 Å². The third-order valence-electron chi connectivity index (χ3n) is 3.16. The second kappa shape index (κ2) is 3.77. The van der Waals surface area contributed by atoms with Crippen molar-refractivity contribution in [3.63, 3.8) is 0 Å². The number of rotatable bonds is 2. The van der Waals surface area contributed by atoms with Crippen LogP contribution in [-0.4, -0.2) is 39.4 Å². The van der Waals surface area contributed by atoms with Gasteiger partial charge in [-0.1, -0.05) is 20.8 Å². The molecule has 0 bridgehead atoms. The van der Waals surface area contributed by atoms with Crippen LogP contribution in [0.5, 0.6) is 0 Å². The molecule has 2 N–H and O–H groups in total. The van der Waals surface area contributed by atoms with E-state index in [2.05, 4.69) is 0 Å². The summed E-state index contributed by atoms with van der Waals surface area (Å²) in [4.78, 5) is 12.3. The Hall–Kier alpha value is -0.770. The highest BCUT2D eigenvalue weighted by Crippen LogP contribution is 2.35. The van der Waals surface area contributed by atoms with Crippen LogP contribution in [0.4, 0.5) is 4.79 Å². The van der Waals surface area contributed by atoms with Crippen LogP contribution in [0.3, 0.4) is 0 Å². The number of nitrogens with zero attached hydrogens (tertiary/aromatic N) is 1. The van der Waals surface area contributed by atoms with E-state index in [1.165, 1.54) is 4.90 Å². The van der Waals surface area contributed by atoms with Gasteiger partial charge >= 0.3 is 6.09 Å². The first-order valence-electron chi connectivity index (χ1n) is 5.14. The molecule has 1 aliphatic rings. The minimum Gasteiger partial charge on any atom is -0.465 e. The van der Waals surface area contributed by atoms with Crippen molar-refractivity contribution in [2.24, 2.45) is 5.92 Å². The van der Waals surface area contributed by atoms with E-state index in [0.29, 0.717) is 19.4 Å². The van der Waals surface area contributed by atoms with Crippen LogP contribution in [0.2, 0.25) is 0 Å². The molecule has 1 heterocycles. The number of likely N-dealkylation sites (tertiary alicyclic amines) is 1. The molecule has 4 heteroatoms. The van der Waals surface area contributed by atoms with Crippen molar-refractivity contribution in [1.29, 1.82) is 0 Å². The molecular weight excluding hydrogens is 182 g/mol. The highest BCUT2D eigenvalue weighted by molar-refractivity contribution is 5.66. The summed E-state index contributed by atoms with van der Waals surface area (Å²) in [6, 6.07) is -0.259. The van der Waals surface area contributed by atoms with Crippen molar-refractivity contribution >= 4 is 6.09 Å². The van der Waals surface area contributed by atoms with Gasteiger partial charge in [0, 0.05) is 6.54 Å². The molecule has 0 aliphatic carbocycles. The van der Waals surface area contributed by atoms with Gasteiger partial charge in [0.2, 0.25) is 0 Å². The fourth-order valence-electron chi connectivity index (χ4n) is 2.47. The Kier molecular flexibility index (Phi) is 3.04. The summed E-state index contributed by atoms with van der Waals surface area (Å²) >= 11 is 0. The Balaban J connectivity index is 2.90. The molecule has 0 saturated carbocycles. The van der Waals surface area contributed by atoms with Gasteiger partial charge in [-0.2, -0.15) is 0 Å². The van der Waals surface area contributed by atoms with Crippen molar-refractivity contribution in [3.05, 3.63) is 0 Å². The molecule has 1 saturated heterocycles. The van der Waals surface area contributed by atoms with E-state index in [-0.39, 0.29) is 12.0 Å². The molecule has 2 atom stereocenters. The Labute approximate surface area is 84.5 Å². The molecule has 1 aliphatic heterocycles. The van der Waals surface area contributed by atoms with Crippen LogP contribution < -0.4 is 0 Å². The largest absolute Gasteiger partial charge is 0.465 e. The molecular formula is C10H19NO3. The summed E-state index contributed by atoms with van der Waals surface area (Å²) in [5, 5.41) is 19.2. The molecule has 82 valence electrons. The molecule has 0 spiro atoms. The standard InChI is InChI=1S/C10H19NO3/c1-4-10(14)5-6-11(9(12)13)8(10)7(2)3/h7-8,14H,4-6H2,1-3H3,(H,12,13)/t8-,10-/m0/s1. The van der Waals surface area contributed by atoms with Crippen molar-refractivity contribution in [3.8, 4) is 0 Å². The Morgan fingerprint density at radius 1 is 1.64 bits per heavy atom. The Bertz CT molecular complexity index is 229. The van der Waals surface area contributed by atoms with Crippen molar-refractivity contribution in [2.45, 2.75) is 45.3 Å². The van der Waals surface area contributed by atoms with Crippen molar-refractivity contribution in [2.75, 3.05) is 6.54 Å². The summed E-state index contributed by atoms with van der Waals surface area (Å²) in [5.74, 6) is 0.151. The topological polar surface area (TPSA) is 60.8 Å². The van der Waals surface area contributed by atoms with E-state index in [4.69, 9.17) is 5.11 Å². The number of hydrogen-bond acceptors (Lipinski definition) is 2. The highest BCUT2D eigenvalue weighted by atomic mass is 16.4. The van der Waals surface area contributed by atoms with Crippen molar-refractivity contribution in [1.82, 2.24) is 4.90 Å². The molecule has 1 fully saturated rings. The van der Waals surface area contributed by atoms with E-state index in [1.807, 2.05) is 20.8 Å². The SMILES string of the molecule is CC[C@]1(O)CCN(C(=O)O)[C@H]1C(C)C. The smallest absolute Gasteiger partial charge is 0.407 e. The second-order valence-corrected chi connectivity index (χ2v) is 4.37. The summed E-state index contributed by atoms with van der Waals surface area (Å²) in [7, 11) is 0. The number of aliphatic hydroxyl groups is 1. The number of carbonyl (C=O) groups is 1. The minimum absolute atomic E-state index is 0.151. The Morgan fingerprint density at radius 3 is 2.57 bits per heavy atom. The van der Waals surface area contributed by atoms with Crippen LogP contribution >= 0.6 is 0 Å². The summed E-state index contributed by atoms with van der Waals surface area (Å²) < 4.78 is 0. The average Bonchev–Trinajstić information content (AvgIpc) is 2.44. The van der Waals surface area contributed by atoms with Crippen molar-refractivity contribution < 1.29 is 15.0 Å². The average molecular weight is 201 g/mol. The van der Waals surface area contributed by atoms with E-state index in [0.717, 1.165) is 0 Å². The molecule has 0 aromatic heterocycles.